The van der Waals surface area contributed by atoms with Crippen LogP contribution in [0.4, 0.5) is 0 Å². The highest BCUT2D eigenvalue weighted by Gasteiger charge is 2.12. The van der Waals surface area contributed by atoms with E-state index in [0.29, 0.717) is 13.0 Å². The van der Waals surface area contributed by atoms with Crippen molar-refractivity contribution in [1.82, 2.24) is 4.57 Å². The molecule has 4 nitrogen and oxygen atoms in total. The van der Waals surface area contributed by atoms with Crippen LogP contribution in [-0.2, 0) is 24.1 Å². The summed E-state index contributed by atoms with van der Waals surface area (Å²) in [6.07, 6.45) is 4.78. The van der Waals surface area contributed by atoms with E-state index in [0.717, 1.165) is 35.4 Å². The molecule has 0 radical (unpaired) electrons. The summed E-state index contributed by atoms with van der Waals surface area (Å²) in [5, 5.41) is 10.2. The standard InChI is InChI=1S/C27H27NO3/c1-2-31-24-14-12-23(13-15-24)28-19-22(11-8-20-6-4-3-5-7-20)25-18-21(9-16-26(25)28)10-17-27(29)30/h3-7,9,12-16,18-19H,2,8,10-11,17H2,1H3,(H,29,30). The molecule has 3 aromatic carbocycles. The first kappa shape index (κ1) is 20.7. The Morgan fingerprint density at radius 1 is 0.903 bits per heavy atom. The molecule has 4 rings (SSSR count). The van der Waals surface area contributed by atoms with Gasteiger partial charge in [-0.3, -0.25) is 4.79 Å². The van der Waals surface area contributed by atoms with Gasteiger partial charge in [-0.2, -0.15) is 0 Å². The van der Waals surface area contributed by atoms with E-state index in [1.807, 2.05) is 31.2 Å². The fourth-order valence-corrected chi connectivity index (χ4v) is 3.96. The van der Waals surface area contributed by atoms with Crippen LogP contribution in [0.3, 0.4) is 0 Å². The lowest BCUT2D eigenvalue weighted by Gasteiger charge is -2.08. The molecule has 0 atom stereocenters. The molecule has 0 unspecified atom stereocenters. The topological polar surface area (TPSA) is 51.5 Å². The van der Waals surface area contributed by atoms with Crippen molar-refractivity contribution in [2.24, 2.45) is 0 Å². The predicted octanol–water partition coefficient (Wildman–Crippen LogP) is 5.83. The van der Waals surface area contributed by atoms with Gasteiger partial charge in [0.25, 0.3) is 0 Å². The molecule has 1 heterocycles. The van der Waals surface area contributed by atoms with E-state index >= 15 is 0 Å². The average molecular weight is 414 g/mol. The van der Waals surface area contributed by atoms with Gasteiger partial charge < -0.3 is 14.4 Å². The van der Waals surface area contributed by atoms with Crippen molar-refractivity contribution in [3.8, 4) is 11.4 Å². The number of fused-ring (bicyclic) bond motifs is 1. The molecule has 31 heavy (non-hydrogen) atoms. The highest BCUT2D eigenvalue weighted by Crippen LogP contribution is 2.28. The Labute approximate surface area is 182 Å². The molecule has 0 amide bonds. The number of carboxylic acids is 1. The van der Waals surface area contributed by atoms with Gasteiger partial charge in [0.2, 0.25) is 0 Å². The van der Waals surface area contributed by atoms with Gasteiger partial charge in [0.1, 0.15) is 5.75 Å². The second-order valence-corrected chi connectivity index (χ2v) is 7.68. The van der Waals surface area contributed by atoms with Crippen molar-refractivity contribution in [1.29, 1.82) is 0 Å². The highest BCUT2D eigenvalue weighted by atomic mass is 16.5. The van der Waals surface area contributed by atoms with E-state index < -0.39 is 5.97 Å². The summed E-state index contributed by atoms with van der Waals surface area (Å²) in [6, 6.07) is 24.9. The van der Waals surface area contributed by atoms with Gasteiger partial charge in [0.15, 0.2) is 0 Å². The number of benzene rings is 3. The summed E-state index contributed by atoms with van der Waals surface area (Å²) in [5.74, 6) is 0.0966. The van der Waals surface area contributed by atoms with Crippen molar-refractivity contribution >= 4 is 16.9 Å². The van der Waals surface area contributed by atoms with Crippen molar-refractivity contribution in [3.63, 3.8) is 0 Å². The monoisotopic (exact) mass is 413 g/mol. The first-order valence-electron chi connectivity index (χ1n) is 10.8. The molecule has 0 fully saturated rings. The number of aromatic nitrogens is 1. The van der Waals surface area contributed by atoms with E-state index in [1.165, 1.54) is 16.5 Å². The summed E-state index contributed by atoms with van der Waals surface area (Å²) in [6.45, 7) is 2.63. The molecule has 4 aromatic rings. The minimum Gasteiger partial charge on any atom is -0.494 e. The summed E-state index contributed by atoms with van der Waals surface area (Å²) >= 11 is 0. The largest absolute Gasteiger partial charge is 0.494 e. The SMILES string of the molecule is CCOc1ccc(-n2cc(CCc3ccccc3)c3cc(CCC(=O)O)ccc32)cc1. The normalized spacial score (nSPS) is 11.0. The zero-order valence-corrected chi connectivity index (χ0v) is 17.8. The van der Waals surface area contributed by atoms with E-state index in [-0.39, 0.29) is 6.42 Å². The molecule has 0 spiro atoms. The molecule has 1 N–H and O–H groups in total. The predicted molar refractivity (Wildman–Crippen MR) is 124 cm³/mol. The second kappa shape index (κ2) is 9.52. The van der Waals surface area contributed by atoms with Crippen LogP contribution in [0, 0.1) is 0 Å². The van der Waals surface area contributed by atoms with Crippen molar-refractivity contribution in [3.05, 3.63) is 95.7 Å². The number of carboxylic acid groups (broad SMARTS) is 1. The molecule has 0 aliphatic carbocycles. The quantitative estimate of drug-likeness (QED) is 0.375. The van der Waals surface area contributed by atoms with Gasteiger partial charge in [-0.15, -0.1) is 0 Å². The lowest BCUT2D eigenvalue weighted by atomic mass is 10.0. The van der Waals surface area contributed by atoms with Crippen LogP contribution in [-0.4, -0.2) is 22.2 Å². The number of nitrogens with zero attached hydrogens (tertiary/aromatic N) is 1. The maximum Gasteiger partial charge on any atom is 0.303 e. The molecular weight excluding hydrogens is 386 g/mol. The summed E-state index contributed by atoms with van der Waals surface area (Å²) in [5.41, 5.74) is 5.85. The van der Waals surface area contributed by atoms with Crippen LogP contribution in [0.2, 0.25) is 0 Å². The number of aliphatic carboxylic acids is 1. The fourth-order valence-electron chi connectivity index (χ4n) is 3.96. The molecule has 0 saturated carbocycles. The van der Waals surface area contributed by atoms with Gasteiger partial charge in [0, 0.05) is 23.7 Å². The van der Waals surface area contributed by atoms with E-state index in [2.05, 4.69) is 59.3 Å². The van der Waals surface area contributed by atoms with Crippen LogP contribution in [0.5, 0.6) is 5.75 Å². The minimum atomic E-state index is -0.767. The molecular formula is C27H27NO3. The Morgan fingerprint density at radius 3 is 2.39 bits per heavy atom. The van der Waals surface area contributed by atoms with Gasteiger partial charge in [-0.05, 0) is 79.3 Å². The Bertz CT molecular complexity index is 1160. The third-order valence-electron chi connectivity index (χ3n) is 5.53. The Hall–Kier alpha value is -3.53. The molecule has 0 bridgehead atoms. The van der Waals surface area contributed by atoms with Crippen LogP contribution in [0.25, 0.3) is 16.6 Å². The average Bonchev–Trinajstić information content (AvgIpc) is 3.15. The third-order valence-corrected chi connectivity index (χ3v) is 5.53. The second-order valence-electron chi connectivity index (χ2n) is 7.68. The van der Waals surface area contributed by atoms with E-state index in [9.17, 15) is 4.79 Å². The number of hydrogen-bond acceptors (Lipinski definition) is 2. The highest BCUT2D eigenvalue weighted by molar-refractivity contribution is 5.86. The molecule has 0 aliphatic rings. The minimum absolute atomic E-state index is 0.143. The van der Waals surface area contributed by atoms with Gasteiger partial charge in [-0.1, -0.05) is 36.4 Å². The molecule has 0 saturated heterocycles. The van der Waals surface area contributed by atoms with Crippen LogP contribution >= 0.6 is 0 Å². The molecule has 1 aromatic heterocycles. The van der Waals surface area contributed by atoms with Crippen molar-refractivity contribution < 1.29 is 14.6 Å². The maximum atomic E-state index is 11.0. The van der Waals surface area contributed by atoms with Crippen molar-refractivity contribution in [2.45, 2.75) is 32.6 Å². The Morgan fingerprint density at radius 2 is 1.68 bits per heavy atom. The number of carbonyl (C=O) groups is 1. The zero-order chi connectivity index (χ0) is 21.6. The lowest BCUT2D eigenvalue weighted by Crippen LogP contribution is -1.97. The number of hydrogen-bond donors (Lipinski definition) is 1. The summed E-state index contributed by atoms with van der Waals surface area (Å²) < 4.78 is 7.80. The number of rotatable bonds is 9. The third kappa shape index (κ3) is 4.97. The molecule has 158 valence electrons. The fraction of sp³-hybridized carbons (Fsp3) is 0.222. The Balaban J connectivity index is 1.70. The lowest BCUT2D eigenvalue weighted by molar-refractivity contribution is -0.136. The first-order chi connectivity index (χ1) is 15.1. The number of ether oxygens (including phenoxy) is 1. The van der Waals surface area contributed by atoms with Gasteiger partial charge in [0.05, 0.1) is 12.1 Å². The van der Waals surface area contributed by atoms with E-state index in [4.69, 9.17) is 9.84 Å². The van der Waals surface area contributed by atoms with Crippen LogP contribution < -0.4 is 4.74 Å². The van der Waals surface area contributed by atoms with Crippen LogP contribution in [0.1, 0.15) is 30.0 Å². The first-order valence-corrected chi connectivity index (χ1v) is 10.8. The van der Waals surface area contributed by atoms with Crippen LogP contribution in [0.15, 0.2) is 79.0 Å². The van der Waals surface area contributed by atoms with E-state index in [1.54, 1.807) is 0 Å². The van der Waals surface area contributed by atoms with Gasteiger partial charge >= 0.3 is 5.97 Å². The van der Waals surface area contributed by atoms with Gasteiger partial charge in [-0.25, -0.2) is 0 Å². The van der Waals surface area contributed by atoms with Crippen molar-refractivity contribution in [2.75, 3.05) is 6.61 Å². The molecule has 4 heteroatoms. The summed E-state index contributed by atoms with van der Waals surface area (Å²) in [4.78, 5) is 11.0. The Kier molecular flexibility index (Phi) is 6.37. The zero-order valence-electron chi connectivity index (χ0n) is 17.8. The summed E-state index contributed by atoms with van der Waals surface area (Å²) in [7, 11) is 0. The number of aryl methyl sites for hydroxylation is 3. The molecule has 0 aliphatic heterocycles. The smallest absolute Gasteiger partial charge is 0.303 e. The maximum absolute atomic E-state index is 11.0.